The summed E-state index contributed by atoms with van der Waals surface area (Å²) in [6.07, 6.45) is 8.41. The Bertz CT molecular complexity index is 610. The molecule has 2 aromatic rings. The second-order valence-electron chi connectivity index (χ2n) is 4.34. The topological polar surface area (TPSA) is 28.2 Å². The van der Waals surface area contributed by atoms with E-state index in [9.17, 15) is 0 Å². The van der Waals surface area contributed by atoms with E-state index in [-0.39, 0.29) is 70.9 Å². The van der Waals surface area contributed by atoms with Crippen LogP contribution in [0.3, 0.4) is 0 Å². The molecule has 128 valence electrons. The van der Waals surface area contributed by atoms with E-state index in [2.05, 4.69) is 29.5 Å². The van der Waals surface area contributed by atoms with E-state index in [4.69, 9.17) is 0 Å². The molecule has 0 aliphatic rings. The first kappa shape index (κ1) is 32.7. The Kier molecular flexibility index (Phi) is 26.6. The van der Waals surface area contributed by atoms with Crippen molar-refractivity contribution in [1.82, 2.24) is 4.98 Å². The molecule has 0 aliphatic heterocycles. The molecule has 6 heteroatoms. The van der Waals surface area contributed by atoms with E-state index < -0.39 is 0 Å². The number of hydrogen-bond donors (Lipinski definition) is 0. The largest absolute Gasteiger partial charge is 2.00 e. The van der Waals surface area contributed by atoms with Gasteiger partial charge in [0.1, 0.15) is 0 Å². The van der Waals surface area contributed by atoms with E-state index in [0.717, 1.165) is 24.1 Å². The smallest absolute Gasteiger partial charge is 1.00 e. The van der Waals surface area contributed by atoms with E-state index in [1.54, 1.807) is 6.08 Å². The third kappa shape index (κ3) is 11.4. The summed E-state index contributed by atoms with van der Waals surface area (Å²) in [5.74, 6) is 0. The Labute approximate surface area is 197 Å². The van der Waals surface area contributed by atoms with Crippen molar-refractivity contribution >= 4 is 57.0 Å². The molecule has 0 spiro atoms. The van der Waals surface area contributed by atoms with Gasteiger partial charge < -0.3 is 35.1 Å². The number of para-hydroxylation sites is 1. The number of nitrogens with zero attached hydrogens (tertiary/aromatic N) is 2. The van der Waals surface area contributed by atoms with Gasteiger partial charge >= 0.3 is 46.1 Å². The first-order valence-corrected chi connectivity index (χ1v) is 7.41. The fourth-order valence-electron chi connectivity index (χ4n) is 2.02. The Hall–Kier alpha value is 0.0525. The standard InChI is InChI=1S/C17H18N2.C2H6.2ClH.2Mg/c1-3-7-14(4-2)12-18-11-10-15-13-19-17-9-6-5-8-16(15)17;1-2;;;;/h3-9,13H,1-2,10-12H2;1-2H3;2*1H;;/q-2;;;;2*+2/p-2/b14-7+;;;;;. The molecule has 0 amide bonds. The maximum atomic E-state index is 4.53. The molecular weight excluding hydrogens is 376 g/mol. The number of hydrogen-bond acceptors (Lipinski definition) is 0. The molecule has 0 N–H and O–H groups in total. The maximum Gasteiger partial charge on any atom is 2.00 e. The fourth-order valence-corrected chi connectivity index (χ4v) is 2.02. The molecule has 0 atom stereocenters. The second kappa shape index (κ2) is 20.4. The van der Waals surface area contributed by atoms with Crippen LogP contribution in [0.1, 0.15) is 19.4 Å². The van der Waals surface area contributed by atoms with Gasteiger partial charge in [0.05, 0.1) is 0 Å². The minimum atomic E-state index is 0. The molecule has 1 heterocycles. The average molecular weight is 400 g/mol. The normalized spacial score (nSPS) is 9.12. The second-order valence-corrected chi connectivity index (χ2v) is 4.34. The van der Waals surface area contributed by atoms with Crippen molar-refractivity contribution < 1.29 is 24.8 Å². The summed E-state index contributed by atoms with van der Waals surface area (Å²) in [7, 11) is 0. The molecule has 0 saturated heterocycles. The van der Waals surface area contributed by atoms with Gasteiger partial charge in [0.25, 0.3) is 0 Å². The van der Waals surface area contributed by atoms with Crippen molar-refractivity contribution in [3.63, 3.8) is 0 Å². The van der Waals surface area contributed by atoms with Crippen LogP contribution in [-0.2, 0) is 6.42 Å². The summed E-state index contributed by atoms with van der Waals surface area (Å²) < 4.78 is 0. The Morgan fingerprint density at radius 1 is 1.12 bits per heavy atom. The van der Waals surface area contributed by atoms with Gasteiger partial charge in [-0.3, -0.25) is 0 Å². The van der Waals surface area contributed by atoms with Crippen molar-refractivity contribution in [2.24, 2.45) is 0 Å². The summed E-state index contributed by atoms with van der Waals surface area (Å²) in [6, 6.07) is 8.22. The van der Waals surface area contributed by atoms with Gasteiger partial charge in [-0.05, 0) is 11.8 Å². The minimum Gasteiger partial charge on any atom is -1.00 e. The van der Waals surface area contributed by atoms with Gasteiger partial charge in [0.15, 0.2) is 0 Å². The van der Waals surface area contributed by atoms with Crippen LogP contribution in [0.2, 0.25) is 0 Å². The van der Waals surface area contributed by atoms with E-state index >= 15 is 0 Å². The third-order valence-corrected chi connectivity index (χ3v) is 3.04. The van der Waals surface area contributed by atoms with E-state index in [1.807, 2.05) is 50.4 Å². The molecule has 1 aromatic heterocycles. The Balaban J connectivity index is -0.000000355. The molecule has 1 aromatic carbocycles. The SMILES string of the molecule is C=C/C=C(\C=C)C[N-]CCc1c[n-]c2ccccc12.CC.[Cl-].[Cl-].[Mg+2].[Mg+2]. The fraction of sp³-hybridized carbons (Fsp3) is 0.263. The molecule has 0 unspecified atom stereocenters. The zero-order valence-corrected chi connectivity index (χ0v) is 19.6. The predicted octanol–water partition coefficient (Wildman–Crippen LogP) is -1.72. The predicted molar refractivity (Wildman–Crippen MR) is 105 cm³/mol. The van der Waals surface area contributed by atoms with Crippen molar-refractivity contribution in [3.8, 4) is 0 Å². The van der Waals surface area contributed by atoms with Crippen molar-refractivity contribution in [2.45, 2.75) is 20.3 Å². The first-order valence-electron chi connectivity index (χ1n) is 7.41. The van der Waals surface area contributed by atoms with Crippen molar-refractivity contribution in [1.29, 1.82) is 0 Å². The van der Waals surface area contributed by atoms with Gasteiger partial charge in [-0.2, -0.15) is 6.20 Å². The molecule has 2 nitrogen and oxygen atoms in total. The summed E-state index contributed by atoms with van der Waals surface area (Å²) in [5, 5.41) is 5.77. The molecule has 25 heavy (non-hydrogen) atoms. The van der Waals surface area contributed by atoms with Gasteiger partial charge in [0.2, 0.25) is 0 Å². The molecule has 0 bridgehead atoms. The van der Waals surface area contributed by atoms with Crippen LogP contribution in [-0.4, -0.2) is 59.2 Å². The van der Waals surface area contributed by atoms with Crippen LogP contribution in [0.5, 0.6) is 0 Å². The maximum absolute atomic E-state index is 4.53. The zero-order chi connectivity index (χ0) is 15.5. The van der Waals surface area contributed by atoms with Crippen molar-refractivity contribution in [2.75, 3.05) is 13.1 Å². The quantitative estimate of drug-likeness (QED) is 0.309. The summed E-state index contributed by atoms with van der Waals surface area (Å²) in [6.45, 7) is 12.9. The Morgan fingerprint density at radius 2 is 1.76 bits per heavy atom. The number of fused-ring (bicyclic) bond motifs is 1. The van der Waals surface area contributed by atoms with Crippen LogP contribution in [0, 0.1) is 0 Å². The monoisotopic (exact) mass is 398 g/mol. The zero-order valence-electron chi connectivity index (χ0n) is 15.2. The van der Waals surface area contributed by atoms with Crippen molar-refractivity contribution in [3.05, 3.63) is 78.3 Å². The van der Waals surface area contributed by atoms with E-state index in [1.165, 1.54) is 10.9 Å². The van der Waals surface area contributed by atoms with Gasteiger partial charge in [-0.1, -0.05) is 80.6 Å². The van der Waals surface area contributed by atoms with Gasteiger partial charge in [-0.25, -0.2) is 0 Å². The summed E-state index contributed by atoms with van der Waals surface area (Å²) in [5.41, 5.74) is 3.43. The molecule has 0 radical (unpaired) electrons. The summed E-state index contributed by atoms with van der Waals surface area (Å²) in [4.78, 5) is 4.40. The third-order valence-electron chi connectivity index (χ3n) is 3.04. The van der Waals surface area contributed by atoms with E-state index in [0.29, 0.717) is 6.54 Å². The van der Waals surface area contributed by atoms with Crippen LogP contribution in [0.25, 0.3) is 16.2 Å². The minimum absolute atomic E-state index is 0. The molecule has 0 fully saturated rings. The molecule has 2 rings (SSSR count). The van der Waals surface area contributed by atoms with Gasteiger partial charge in [0, 0.05) is 0 Å². The molecule has 0 saturated carbocycles. The first-order chi connectivity index (χ1) is 10.3. The van der Waals surface area contributed by atoms with Crippen LogP contribution < -0.4 is 29.8 Å². The van der Waals surface area contributed by atoms with Crippen LogP contribution in [0.4, 0.5) is 0 Å². The van der Waals surface area contributed by atoms with Crippen LogP contribution >= 0.6 is 0 Å². The summed E-state index contributed by atoms with van der Waals surface area (Å²) >= 11 is 0. The molecule has 0 aliphatic carbocycles. The number of allylic oxidation sites excluding steroid dienone is 2. The van der Waals surface area contributed by atoms with Crippen LogP contribution in [0.15, 0.2) is 67.4 Å². The average Bonchev–Trinajstić information content (AvgIpc) is 2.95. The molecular formula is C19H24Cl2Mg2N2. The Morgan fingerprint density at radius 3 is 2.36 bits per heavy atom. The number of rotatable bonds is 7. The van der Waals surface area contributed by atoms with Gasteiger partial charge in [-0.15, -0.1) is 18.6 Å². The number of benzene rings is 1. The number of aromatic nitrogens is 1. The number of halogens is 2.